The number of aromatic amines is 1. The molecule has 1 aliphatic heterocycles. The highest BCUT2D eigenvalue weighted by atomic mass is 16.7. The Balaban J connectivity index is 2.15. The number of nitrogens with zero attached hydrogens (tertiary/aromatic N) is 1. The minimum atomic E-state index is -1.59. The van der Waals surface area contributed by atoms with Crippen molar-refractivity contribution in [1.82, 2.24) is 9.97 Å². The molecule has 10 nitrogen and oxygen atoms in total. The van der Waals surface area contributed by atoms with E-state index in [1.165, 1.54) is 0 Å². The van der Waals surface area contributed by atoms with Crippen LogP contribution >= 0.6 is 0 Å². The minimum Gasteiger partial charge on any atom is -0.443 e. The number of hydrogen-bond acceptors (Lipinski definition) is 8. The molecular weight excluding hydrogens is 274 g/mol. The Bertz CT molecular complexity index is 477. The number of amides is 1. The van der Waals surface area contributed by atoms with Crippen molar-refractivity contribution >= 4 is 5.91 Å². The number of nitrogens with one attached hydrogen (secondary N) is 1. The topological polar surface area (TPSA) is 171 Å². The number of aromatic nitrogens is 2. The highest BCUT2D eigenvalue weighted by Gasteiger charge is 2.45. The normalized spacial score (nSPS) is 33.9. The molecule has 20 heavy (non-hydrogen) atoms. The van der Waals surface area contributed by atoms with Gasteiger partial charge in [0.2, 0.25) is 12.2 Å². The zero-order valence-electron chi connectivity index (χ0n) is 10.2. The monoisotopic (exact) mass is 289 g/mol. The van der Waals surface area contributed by atoms with Crippen molar-refractivity contribution in [3.05, 3.63) is 12.0 Å². The van der Waals surface area contributed by atoms with E-state index in [1.807, 2.05) is 0 Å². The molecule has 0 unspecified atom stereocenters. The standard InChI is InChI=1S/C10H15N3O7/c11-8(18)4-9(13-2-12-4)20-10-7(17)6(16)5(15)3(1-14)19-10/h2-3,5-7,10,14-17H,1H2,(H2,11,18)(H,12,13)/t3-,5-,6+,7+,10-/m1/s1. The smallest absolute Gasteiger partial charge is 0.270 e. The van der Waals surface area contributed by atoms with Crippen LogP contribution in [0.15, 0.2) is 6.33 Å². The molecule has 1 amide bonds. The van der Waals surface area contributed by atoms with E-state index < -0.39 is 43.2 Å². The summed E-state index contributed by atoms with van der Waals surface area (Å²) in [4.78, 5) is 17.2. The number of aliphatic hydroxyl groups excluding tert-OH is 4. The summed E-state index contributed by atoms with van der Waals surface area (Å²) in [7, 11) is 0. The Hall–Kier alpha value is -1.72. The molecule has 5 atom stereocenters. The highest BCUT2D eigenvalue weighted by Crippen LogP contribution is 2.24. The largest absolute Gasteiger partial charge is 0.443 e. The maximum Gasteiger partial charge on any atom is 0.270 e. The summed E-state index contributed by atoms with van der Waals surface area (Å²) in [5.74, 6) is -1.05. The fourth-order valence-electron chi connectivity index (χ4n) is 1.82. The lowest BCUT2D eigenvalue weighted by Crippen LogP contribution is -2.60. The Morgan fingerprint density at radius 1 is 1.40 bits per heavy atom. The van der Waals surface area contributed by atoms with Gasteiger partial charge in [-0.1, -0.05) is 0 Å². The summed E-state index contributed by atoms with van der Waals surface area (Å²) in [5.41, 5.74) is 4.94. The third-order valence-corrected chi connectivity index (χ3v) is 2.93. The van der Waals surface area contributed by atoms with Gasteiger partial charge in [-0.15, -0.1) is 0 Å². The molecule has 0 radical (unpaired) electrons. The van der Waals surface area contributed by atoms with Crippen LogP contribution in [0.1, 0.15) is 10.5 Å². The van der Waals surface area contributed by atoms with Crippen LogP contribution in [-0.2, 0) is 4.74 Å². The van der Waals surface area contributed by atoms with Gasteiger partial charge in [0.25, 0.3) is 5.91 Å². The first kappa shape index (κ1) is 14.7. The molecule has 1 aliphatic rings. The number of carbonyl (C=O) groups is 1. The number of nitrogens with two attached hydrogens (primary N) is 1. The van der Waals surface area contributed by atoms with Crippen LogP contribution in [0.4, 0.5) is 0 Å². The number of rotatable bonds is 4. The van der Waals surface area contributed by atoms with Gasteiger partial charge in [-0.3, -0.25) is 4.79 Å². The summed E-state index contributed by atoms with van der Waals surface area (Å²) in [6.07, 6.45) is -6.06. The van der Waals surface area contributed by atoms with Crippen molar-refractivity contribution < 1.29 is 34.7 Å². The van der Waals surface area contributed by atoms with Crippen molar-refractivity contribution in [2.75, 3.05) is 6.61 Å². The van der Waals surface area contributed by atoms with Gasteiger partial charge >= 0.3 is 0 Å². The molecular formula is C10H15N3O7. The molecule has 0 saturated carbocycles. The predicted octanol–water partition coefficient (Wildman–Crippen LogP) is -3.31. The molecule has 2 rings (SSSR count). The fraction of sp³-hybridized carbons (Fsp3) is 0.600. The quantitative estimate of drug-likeness (QED) is 0.334. The van der Waals surface area contributed by atoms with Gasteiger partial charge in [0.15, 0.2) is 5.69 Å². The van der Waals surface area contributed by atoms with Crippen LogP contribution in [0, 0.1) is 0 Å². The van der Waals surface area contributed by atoms with E-state index in [1.54, 1.807) is 0 Å². The Kier molecular flexibility index (Phi) is 4.20. The van der Waals surface area contributed by atoms with Crippen molar-refractivity contribution in [2.45, 2.75) is 30.7 Å². The molecule has 1 aromatic heterocycles. The number of imidazole rings is 1. The molecule has 0 bridgehead atoms. The van der Waals surface area contributed by atoms with Crippen LogP contribution in [0.25, 0.3) is 0 Å². The third kappa shape index (κ3) is 2.59. The second-order valence-electron chi connectivity index (χ2n) is 4.26. The summed E-state index contributed by atoms with van der Waals surface area (Å²) in [6.45, 7) is -0.589. The molecule has 0 aliphatic carbocycles. The lowest BCUT2D eigenvalue weighted by atomic mass is 9.99. The van der Waals surface area contributed by atoms with Gasteiger partial charge in [-0.25, -0.2) is 4.98 Å². The average Bonchev–Trinajstić information content (AvgIpc) is 2.87. The van der Waals surface area contributed by atoms with Crippen LogP contribution in [-0.4, -0.2) is 73.6 Å². The highest BCUT2D eigenvalue weighted by molar-refractivity contribution is 5.93. The zero-order valence-corrected chi connectivity index (χ0v) is 10.2. The van der Waals surface area contributed by atoms with E-state index >= 15 is 0 Å². The third-order valence-electron chi connectivity index (χ3n) is 2.93. The van der Waals surface area contributed by atoms with Crippen LogP contribution in [0.2, 0.25) is 0 Å². The Morgan fingerprint density at radius 2 is 2.10 bits per heavy atom. The first-order valence-electron chi connectivity index (χ1n) is 5.76. The molecule has 1 saturated heterocycles. The fourth-order valence-corrected chi connectivity index (χ4v) is 1.82. The Morgan fingerprint density at radius 3 is 2.70 bits per heavy atom. The van der Waals surface area contributed by atoms with Gasteiger partial charge in [0.1, 0.15) is 24.4 Å². The van der Waals surface area contributed by atoms with Crippen LogP contribution < -0.4 is 10.5 Å². The summed E-state index contributed by atoms with van der Waals surface area (Å²) < 4.78 is 10.3. The summed E-state index contributed by atoms with van der Waals surface area (Å²) >= 11 is 0. The SMILES string of the molecule is NC(=O)c1[nH]cnc1O[C@H]1O[C@H](CO)[C@@H](O)[C@H](O)[C@@H]1O. The number of primary amides is 1. The van der Waals surface area contributed by atoms with Gasteiger partial charge in [0, 0.05) is 0 Å². The van der Waals surface area contributed by atoms with Crippen LogP contribution in [0.3, 0.4) is 0 Å². The summed E-state index contributed by atoms with van der Waals surface area (Å²) in [5, 5.41) is 38.0. The lowest BCUT2D eigenvalue weighted by molar-refractivity contribution is -0.278. The second-order valence-corrected chi connectivity index (χ2v) is 4.26. The predicted molar refractivity (Wildman–Crippen MR) is 61.5 cm³/mol. The molecule has 1 fully saturated rings. The van der Waals surface area contributed by atoms with Crippen molar-refractivity contribution in [3.8, 4) is 5.88 Å². The number of aliphatic hydroxyl groups is 4. The molecule has 10 heteroatoms. The average molecular weight is 289 g/mol. The van der Waals surface area contributed by atoms with Crippen molar-refractivity contribution in [2.24, 2.45) is 5.73 Å². The second kappa shape index (κ2) is 5.73. The van der Waals surface area contributed by atoms with E-state index in [0.29, 0.717) is 0 Å². The number of hydrogen-bond donors (Lipinski definition) is 6. The minimum absolute atomic E-state index is 0.137. The molecule has 0 aromatic carbocycles. The van der Waals surface area contributed by atoms with Gasteiger partial charge in [-0.2, -0.15) is 0 Å². The first-order valence-corrected chi connectivity index (χ1v) is 5.76. The van der Waals surface area contributed by atoms with E-state index in [2.05, 4.69) is 9.97 Å². The van der Waals surface area contributed by atoms with E-state index in [4.69, 9.17) is 20.3 Å². The van der Waals surface area contributed by atoms with E-state index in [-0.39, 0.29) is 11.6 Å². The van der Waals surface area contributed by atoms with Gasteiger partial charge in [-0.05, 0) is 0 Å². The van der Waals surface area contributed by atoms with Gasteiger partial charge < -0.3 is 40.6 Å². The molecule has 2 heterocycles. The zero-order chi connectivity index (χ0) is 14.9. The molecule has 112 valence electrons. The van der Waals surface area contributed by atoms with E-state index in [9.17, 15) is 20.1 Å². The summed E-state index contributed by atoms with van der Waals surface area (Å²) in [6, 6.07) is 0. The van der Waals surface area contributed by atoms with E-state index in [0.717, 1.165) is 6.33 Å². The molecule has 0 spiro atoms. The maximum atomic E-state index is 11.1. The number of H-pyrrole nitrogens is 1. The maximum absolute atomic E-state index is 11.1. The van der Waals surface area contributed by atoms with Crippen molar-refractivity contribution in [3.63, 3.8) is 0 Å². The van der Waals surface area contributed by atoms with Crippen molar-refractivity contribution in [1.29, 1.82) is 0 Å². The lowest BCUT2D eigenvalue weighted by Gasteiger charge is -2.39. The number of ether oxygens (including phenoxy) is 2. The Labute approximate surface area is 112 Å². The number of carbonyl (C=O) groups excluding carboxylic acids is 1. The first-order chi connectivity index (χ1) is 9.45. The molecule has 1 aromatic rings. The molecule has 7 N–H and O–H groups in total. The van der Waals surface area contributed by atoms with Crippen LogP contribution in [0.5, 0.6) is 5.88 Å². The van der Waals surface area contributed by atoms with Gasteiger partial charge in [0.05, 0.1) is 12.9 Å².